The first-order chi connectivity index (χ1) is 7.13. The summed E-state index contributed by atoms with van der Waals surface area (Å²) in [6, 6.07) is 0. The first kappa shape index (κ1) is 10.6. The molecule has 5 nitrogen and oxygen atoms in total. The molecule has 0 spiro atoms. The van der Waals surface area contributed by atoms with Crippen molar-refractivity contribution >= 4 is 27.7 Å². The van der Waals surface area contributed by atoms with E-state index in [2.05, 4.69) is 26.1 Å². The van der Waals surface area contributed by atoms with Crippen LogP contribution in [0, 0.1) is 12.8 Å². The molecule has 82 valence electrons. The maximum atomic E-state index is 11.7. The topological polar surface area (TPSA) is 75.0 Å². The molecule has 1 unspecified atom stereocenters. The monoisotopic (exact) mass is 272 g/mol. The summed E-state index contributed by atoms with van der Waals surface area (Å²) in [7, 11) is 0. The highest BCUT2D eigenvalue weighted by molar-refractivity contribution is 9.10. The number of hydrogen-bond acceptors (Lipinski definition) is 3. The van der Waals surface area contributed by atoms with Gasteiger partial charge in [-0.3, -0.25) is 14.8 Å². The number of nitrogens with two attached hydrogens (primary N) is 1. The molecule has 2 rings (SSSR count). The molecular formula is C9H13BrN4O. The molecule has 6 heteroatoms. The van der Waals surface area contributed by atoms with Crippen molar-refractivity contribution in [3.05, 3.63) is 10.2 Å². The Morgan fingerprint density at radius 3 is 2.93 bits per heavy atom. The smallest absolute Gasteiger partial charge is 0.228 e. The zero-order valence-electron chi connectivity index (χ0n) is 8.46. The minimum absolute atomic E-state index is 0.0950. The largest absolute Gasteiger partial charge is 0.330 e. The molecule has 1 aromatic heterocycles. The van der Waals surface area contributed by atoms with Gasteiger partial charge in [0.1, 0.15) is 0 Å². The third kappa shape index (κ3) is 1.79. The fourth-order valence-electron chi connectivity index (χ4n) is 1.73. The van der Waals surface area contributed by atoms with Gasteiger partial charge in [-0.1, -0.05) is 0 Å². The van der Waals surface area contributed by atoms with Crippen molar-refractivity contribution in [1.29, 1.82) is 0 Å². The fourth-order valence-corrected chi connectivity index (χ4v) is 2.12. The number of carbonyl (C=O) groups is 1. The molecule has 0 radical (unpaired) electrons. The first-order valence-corrected chi connectivity index (χ1v) is 5.63. The third-order valence-electron chi connectivity index (χ3n) is 2.65. The van der Waals surface area contributed by atoms with E-state index in [-0.39, 0.29) is 11.8 Å². The van der Waals surface area contributed by atoms with E-state index in [1.54, 1.807) is 4.90 Å². The van der Waals surface area contributed by atoms with E-state index in [4.69, 9.17) is 5.73 Å². The lowest BCUT2D eigenvalue weighted by Crippen LogP contribution is -2.26. The van der Waals surface area contributed by atoms with Gasteiger partial charge in [0.2, 0.25) is 5.91 Å². The zero-order chi connectivity index (χ0) is 11.0. The number of hydrogen-bond donors (Lipinski definition) is 2. The summed E-state index contributed by atoms with van der Waals surface area (Å²) >= 11 is 3.41. The number of H-pyrrole nitrogens is 1. The molecule has 0 bridgehead atoms. The standard InChI is InChI=1S/C9H13BrN4O/c1-5-8(10)9(13-12-5)14-4-6(3-11)2-7(14)15/h6H,2-4,11H2,1H3,(H,12,13). The van der Waals surface area contributed by atoms with Crippen LogP contribution >= 0.6 is 15.9 Å². The molecule has 0 aromatic carbocycles. The van der Waals surface area contributed by atoms with Gasteiger partial charge >= 0.3 is 0 Å². The van der Waals surface area contributed by atoms with Gasteiger partial charge in [0.25, 0.3) is 0 Å². The molecule has 15 heavy (non-hydrogen) atoms. The molecule has 0 saturated carbocycles. The van der Waals surface area contributed by atoms with Crippen molar-refractivity contribution in [2.45, 2.75) is 13.3 Å². The molecule has 1 fully saturated rings. The van der Waals surface area contributed by atoms with Crippen molar-refractivity contribution in [2.75, 3.05) is 18.0 Å². The van der Waals surface area contributed by atoms with E-state index in [1.165, 1.54) is 0 Å². The van der Waals surface area contributed by atoms with Crippen molar-refractivity contribution in [2.24, 2.45) is 11.7 Å². The van der Waals surface area contributed by atoms with Crippen molar-refractivity contribution in [3.8, 4) is 0 Å². The van der Waals surface area contributed by atoms with Crippen LogP contribution in [-0.4, -0.2) is 29.2 Å². The highest BCUT2D eigenvalue weighted by Crippen LogP contribution is 2.30. The number of anilines is 1. The van der Waals surface area contributed by atoms with Gasteiger partial charge in [-0.25, -0.2) is 0 Å². The predicted octanol–water partition coefficient (Wildman–Crippen LogP) is 0.792. The predicted molar refractivity (Wildman–Crippen MR) is 60.5 cm³/mol. The van der Waals surface area contributed by atoms with Gasteiger partial charge in [0, 0.05) is 18.7 Å². The number of rotatable bonds is 2. The fraction of sp³-hybridized carbons (Fsp3) is 0.556. The summed E-state index contributed by atoms with van der Waals surface area (Å²) in [4.78, 5) is 13.4. The number of halogens is 1. The average molecular weight is 273 g/mol. The van der Waals surface area contributed by atoms with E-state index >= 15 is 0 Å². The minimum atomic E-state index is 0.0950. The molecule has 1 aromatic rings. The van der Waals surface area contributed by atoms with Crippen LogP contribution in [0.1, 0.15) is 12.1 Å². The average Bonchev–Trinajstić information content (AvgIpc) is 2.73. The second-order valence-electron chi connectivity index (χ2n) is 3.80. The third-order valence-corrected chi connectivity index (χ3v) is 3.60. The van der Waals surface area contributed by atoms with Crippen LogP contribution in [0.4, 0.5) is 5.82 Å². The summed E-state index contributed by atoms with van der Waals surface area (Å²) in [6.07, 6.45) is 0.523. The Morgan fingerprint density at radius 2 is 2.47 bits per heavy atom. The Morgan fingerprint density at radius 1 is 1.73 bits per heavy atom. The van der Waals surface area contributed by atoms with E-state index in [1.807, 2.05) is 6.92 Å². The lowest BCUT2D eigenvalue weighted by Gasteiger charge is -2.13. The highest BCUT2D eigenvalue weighted by Gasteiger charge is 2.32. The number of nitrogens with one attached hydrogen (secondary N) is 1. The molecule has 3 N–H and O–H groups in total. The Bertz CT molecular complexity index is 389. The van der Waals surface area contributed by atoms with E-state index in [9.17, 15) is 4.79 Å². The maximum Gasteiger partial charge on any atom is 0.228 e. The van der Waals surface area contributed by atoms with Crippen LogP contribution in [0.5, 0.6) is 0 Å². The molecule has 1 aliphatic heterocycles. The van der Waals surface area contributed by atoms with Crippen LogP contribution in [0.25, 0.3) is 0 Å². The quantitative estimate of drug-likeness (QED) is 0.836. The zero-order valence-corrected chi connectivity index (χ0v) is 10.0. The van der Waals surface area contributed by atoms with Crippen LogP contribution in [0.3, 0.4) is 0 Å². The number of amides is 1. The summed E-state index contributed by atoms with van der Waals surface area (Å²) in [5, 5.41) is 6.95. The van der Waals surface area contributed by atoms with Gasteiger partial charge < -0.3 is 5.73 Å². The Hall–Kier alpha value is -0.880. The van der Waals surface area contributed by atoms with Gasteiger partial charge in [-0.2, -0.15) is 5.10 Å². The van der Waals surface area contributed by atoms with Crippen molar-refractivity contribution < 1.29 is 4.79 Å². The molecule has 1 atom stereocenters. The van der Waals surface area contributed by atoms with Gasteiger partial charge in [-0.05, 0) is 35.3 Å². The van der Waals surface area contributed by atoms with E-state index in [0.717, 1.165) is 10.2 Å². The first-order valence-electron chi connectivity index (χ1n) is 4.84. The van der Waals surface area contributed by atoms with Gasteiger partial charge in [0.05, 0.1) is 4.47 Å². The summed E-state index contributed by atoms with van der Waals surface area (Å²) in [5.74, 6) is 1.02. The van der Waals surface area contributed by atoms with Gasteiger partial charge in [-0.15, -0.1) is 0 Å². The maximum absolute atomic E-state index is 11.7. The van der Waals surface area contributed by atoms with Crippen molar-refractivity contribution in [1.82, 2.24) is 10.2 Å². The lowest BCUT2D eigenvalue weighted by molar-refractivity contribution is -0.117. The van der Waals surface area contributed by atoms with Crippen molar-refractivity contribution in [3.63, 3.8) is 0 Å². The number of aromatic nitrogens is 2. The van der Waals surface area contributed by atoms with Crippen LogP contribution in [-0.2, 0) is 4.79 Å². The van der Waals surface area contributed by atoms with Crippen LogP contribution in [0.15, 0.2) is 4.47 Å². The Balaban J connectivity index is 2.25. The molecule has 1 amide bonds. The van der Waals surface area contributed by atoms with Crippen LogP contribution < -0.4 is 10.6 Å². The SMILES string of the molecule is Cc1[nH]nc(N2CC(CN)CC2=O)c1Br. The number of carbonyl (C=O) groups excluding carboxylic acids is 1. The summed E-state index contributed by atoms with van der Waals surface area (Å²) in [6.45, 7) is 3.11. The second-order valence-corrected chi connectivity index (χ2v) is 4.59. The second kappa shape index (κ2) is 3.94. The highest BCUT2D eigenvalue weighted by atomic mass is 79.9. The Kier molecular flexibility index (Phi) is 2.79. The normalized spacial score (nSPS) is 21.4. The summed E-state index contributed by atoms with van der Waals surface area (Å²) < 4.78 is 0.855. The Labute approximate surface area is 96.1 Å². The summed E-state index contributed by atoms with van der Waals surface area (Å²) in [5.41, 5.74) is 6.49. The minimum Gasteiger partial charge on any atom is -0.330 e. The molecule has 1 aliphatic rings. The molecular weight excluding hydrogens is 260 g/mol. The van der Waals surface area contributed by atoms with Crippen LogP contribution in [0.2, 0.25) is 0 Å². The number of nitrogens with zero attached hydrogens (tertiary/aromatic N) is 2. The molecule has 1 saturated heterocycles. The van der Waals surface area contributed by atoms with E-state index in [0.29, 0.717) is 25.3 Å². The molecule has 2 heterocycles. The van der Waals surface area contributed by atoms with Gasteiger partial charge in [0.15, 0.2) is 5.82 Å². The number of aryl methyl sites for hydroxylation is 1. The number of aromatic amines is 1. The molecule has 0 aliphatic carbocycles. The van der Waals surface area contributed by atoms with E-state index < -0.39 is 0 Å². The lowest BCUT2D eigenvalue weighted by atomic mass is 10.1.